The number of piperidine rings is 1. The number of carbonyl (C=O) groups excluding carboxylic acids is 2. The van der Waals surface area contributed by atoms with Gasteiger partial charge in [0.05, 0.1) is 11.0 Å². The second kappa shape index (κ2) is 5.71. The molecule has 0 spiro atoms. The van der Waals surface area contributed by atoms with E-state index in [4.69, 9.17) is 5.73 Å². The standard InChI is InChI=1S/C13H19N3O2S/c1-2-13(5-3-6-15-8-13)12(18)16-11-9(10(14)17)4-7-19-11/h4,7,15H,2-3,5-6,8H2,1H3,(H2,14,17)(H,16,18). The first kappa shape index (κ1) is 14.0. The second-order valence-electron chi connectivity index (χ2n) is 4.90. The van der Waals surface area contributed by atoms with Crippen molar-refractivity contribution in [2.45, 2.75) is 26.2 Å². The Balaban J connectivity index is 2.15. The Bertz CT molecular complexity index is 478. The number of rotatable bonds is 4. The molecule has 0 bridgehead atoms. The van der Waals surface area contributed by atoms with Crippen LogP contribution in [-0.2, 0) is 4.79 Å². The number of hydrogen-bond donors (Lipinski definition) is 3. The molecule has 1 aliphatic rings. The van der Waals surface area contributed by atoms with E-state index in [9.17, 15) is 9.59 Å². The second-order valence-corrected chi connectivity index (χ2v) is 5.81. The molecule has 0 saturated carbocycles. The number of nitrogens with one attached hydrogen (secondary N) is 2. The minimum absolute atomic E-state index is 0.0212. The van der Waals surface area contributed by atoms with Gasteiger partial charge in [0.1, 0.15) is 5.00 Å². The summed E-state index contributed by atoms with van der Waals surface area (Å²) in [5.74, 6) is -0.531. The van der Waals surface area contributed by atoms with Crippen LogP contribution >= 0.6 is 11.3 Å². The molecule has 1 saturated heterocycles. The van der Waals surface area contributed by atoms with Crippen molar-refractivity contribution in [3.63, 3.8) is 0 Å². The summed E-state index contributed by atoms with van der Waals surface area (Å²) in [6.45, 7) is 3.67. The Hall–Kier alpha value is -1.40. The van der Waals surface area contributed by atoms with Crippen molar-refractivity contribution in [2.75, 3.05) is 18.4 Å². The van der Waals surface area contributed by atoms with Crippen molar-refractivity contribution >= 4 is 28.2 Å². The summed E-state index contributed by atoms with van der Waals surface area (Å²) in [4.78, 5) is 23.8. The zero-order valence-corrected chi connectivity index (χ0v) is 11.8. The van der Waals surface area contributed by atoms with Crippen LogP contribution in [0.3, 0.4) is 0 Å². The molecule has 2 amide bonds. The van der Waals surface area contributed by atoms with Gasteiger partial charge in [-0.3, -0.25) is 9.59 Å². The van der Waals surface area contributed by atoms with Crippen LogP contribution in [0.15, 0.2) is 11.4 Å². The molecule has 1 fully saturated rings. The molecule has 6 heteroatoms. The molecule has 19 heavy (non-hydrogen) atoms. The number of thiophene rings is 1. The maximum Gasteiger partial charge on any atom is 0.251 e. The molecule has 1 unspecified atom stereocenters. The summed E-state index contributed by atoms with van der Waals surface area (Å²) in [7, 11) is 0. The van der Waals surface area contributed by atoms with Crippen LogP contribution in [0.5, 0.6) is 0 Å². The lowest BCUT2D eigenvalue weighted by atomic mass is 9.77. The van der Waals surface area contributed by atoms with Crippen LogP contribution in [-0.4, -0.2) is 24.9 Å². The molecule has 0 radical (unpaired) electrons. The van der Waals surface area contributed by atoms with Gasteiger partial charge in [-0.1, -0.05) is 6.92 Å². The van der Waals surface area contributed by atoms with E-state index < -0.39 is 5.91 Å². The number of amides is 2. The first-order valence-electron chi connectivity index (χ1n) is 6.48. The fraction of sp³-hybridized carbons (Fsp3) is 0.538. The lowest BCUT2D eigenvalue weighted by Crippen LogP contribution is -2.47. The Kier molecular flexibility index (Phi) is 4.21. The van der Waals surface area contributed by atoms with Crippen molar-refractivity contribution in [3.8, 4) is 0 Å². The highest BCUT2D eigenvalue weighted by atomic mass is 32.1. The van der Waals surface area contributed by atoms with E-state index in [1.807, 2.05) is 6.92 Å². The molecule has 1 aromatic heterocycles. The molecule has 0 aromatic carbocycles. The van der Waals surface area contributed by atoms with Crippen molar-refractivity contribution in [1.29, 1.82) is 0 Å². The predicted octanol–water partition coefficient (Wildman–Crippen LogP) is 1.57. The number of nitrogens with two attached hydrogens (primary N) is 1. The van der Waals surface area contributed by atoms with Crippen molar-refractivity contribution in [1.82, 2.24) is 5.32 Å². The van der Waals surface area contributed by atoms with Gasteiger partial charge in [0.15, 0.2) is 0 Å². The van der Waals surface area contributed by atoms with Crippen molar-refractivity contribution in [2.24, 2.45) is 11.1 Å². The zero-order chi connectivity index (χ0) is 13.9. The molecule has 1 atom stereocenters. The van der Waals surface area contributed by atoms with E-state index in [1.165, 1.54) is 11.3 Å². The lowest BCUT2D eigenvalue weighted by Gasteiger charge is -2.35. The third-order valence-electron chi connectivity index (χ3n) is 3.79. The number of primary amides is 1. The maximum absolute atomic E-state index is 12.5. The normalized spacial score (nSPS) is 23.0. The first-order valence-corrected chi connectivity index (χ1v) is 7.36. The van der Waals surface area contributed by atoms with E-state index >= 15 is 0 Å². The smallest absolute Gasteiger partial charge is 0.251 e. The van der Waals surface area contributed by atoms with Gasteiger partial charge in [0.25, 0.3) is 5.91 Å². The number of anilines is 1. The fourth-order valence-electron chi connectivity index (χ4n) is 2.46. The third kappa shape index (κ3) is 2.79. The van der Waals surface area contributed by atoms with Gasteiger partial charge >= 0.3 is 0 Å². The Morgan fingerprint density at radius 2 is 2.37 bits per heavy atom. The molecule has 1 aliphatic heterocycles. The molecule has 1 aromatic rings. The third-order valence-corrected chi connectivity index (χ3v) is 4.62. The number of carbonyl (C=O) groups is 2. The van der Waals surface area contributed by atoms with E-state index in [1.54, 1.807) is 11.4 Å². The molecule has 2 rings (SSSR count). The maximum atomic E-state index is 12.5. The lowest BCUT2D eigenvalue weighted by molar-refractivity contribution is -0.126. The summed E-state index contributed by atoms with van der Waals surface area (Å²) < 4.78 is 0. The van der Waals surface area contributed by atoms with Crippen LogP contribution in [0.25, 0.3) is 0 Å². The fourth-order valence-corrected chi connectivity index (χ4v) is 3.25. The Morgan fingerprint density at radius 3 is 2.95 bits per heavy atom. The topological polar surface area (TPSA) is 84.2 Å². The van der Waals surface area contributed by atoms with Crippen LogP contribution in [0.1, 0.15) is 36.5 Å². The van der Waals surface area contributed by atoms with E-state index in [0.29, 0.717) is 17.1 Å². The molecule has 104 valence electrons. The number of hydrogen-bond acceptors (Lipinski definition) is 4. The van der Waals surface area contributed by atoms with Crippen LogP contribution in [0.4, 0.5) is 5.00 Å². The van der Waals surface area contributed by atoms with E-state index in [-0.39, 0.29) is 11.3 Å². The highest BCUT2D eigenvalue weighted by molar-refractivity contribution is 7.14. The van der Waals surface area contributed by atoms with Gasteiger partial charge in [-0.15, -0.1) is 11.3 Å². The minimum atomic E-state index is -0.510. The van der Waals surface area contributed by atoms with Crippen molar-refractivity contribution < 1.29 is 9.59 Å². The first-order chi connectivity index (χ1) is 9.09. The Labute approximate surface area is 116 Å². The molecular weight excluding hydrogens is 262 g/mol. The highest BCUT2D eigenvalue weighted by Crippen LogP contribution is 2.33. The average Bonchev–Trinajstić information content (AvgIpc) is 2.87. The quantitative estimate of drug-likeness (QED) is 0.783. The molecular formula is C13H19N3O2S. The van der Waals surface area contributed by atoms with Crippen LogP contribution in [0.2, 0.25) is 0 Å². The summed E-state index contributed by atoms with van der Waals surface area (Å²) >= 11 is 1.33. The van der Waals surface area contributed by atoms with Crippen LogP contribution in [0, 0.1) is 5.41 Å². The monoisotopic (exact) mass is 281 g/mol. The van der Waals surface area contributed by atoms with Gasteiger partial charge in [0.2, 0.25) is 5.91 Å². The SMILES string of the molecule is CCC1(C(=O)Nc2sccc2C(N)=O)CCCNC1. The van der Waals surface area contributed by atoms with Gasteiger partial charge in [-0.25, -0.2) is 0 Å². The van der Waals surface area contributed by atoms with Gasteiger partial charge in [-0.05, 0) is 37.3 Å². The zero-order valence-electron chi connectivity index (χ0n) is 11.0. The highest BCUT2D eigenvalue weighted by Gasteiger charge is 2.38. The molecule has 4 N–H and O–H groups in total. The summed E-state index contributed by atoms with van der Waals surface area (Å²) in [5, 5.41) is 8.46. The van der Waals surface area contributed by atoms with Gasteiger partial charge in [0, 0.05) is 6.54 Å². The molecule has 2 heterocycles. The van der Waals surface area contributed by atoms with Gasteiger partial charge < -0.3 is 16.4 Å². The van der Waals surface area contributed by atoms with E-state index in [0.717, 1.165) is 25.8 Å². The molecule has 0 aliphatic carbocycles. The predicted molar refractivity (Wildman–Crippen MR) is 76.3 cm³/mol. The summed E-state index contributed by atoms with van der Waals surface area (Å²) in [6.07, 6.45) is 2.65. The Morgan fingerprint density at radius 1 is 1.58 bits per heavy atom. The minimum Gasteiger partial charge on any atom is -0.366 e. The molecule has 5 nitrogen and oxygen atoms in total. The van der Waals surface area contributed by atoms with Gasteiger partial charge in [-0.2, -0.15) is 0 Å². The summed E-state index contributed by atoms with van der Waals surface area (Å²) in [5.41, 5.74) is 5.29. The van der Waals surface area contributed by atoms with Crippen molar-refractivity contribution in [3.05, 3.63) is 17.0 Å². The largest absolute Gasteiger partial charge is 0.366 e. The van der Waals surface area contributed by atoms with Crippen LogP contribution < -0.4 is 16.4 Å². The average molecular weight is 281 g/mol. The summed E-state index contributed by atoms with van der Waals surface area (Å²) in [6, 6.07) is 1.64. The van der Waals surface area contributed by atoms with E-state index in [2.05, 4.69) is 10.6 Å².